The van der Waals surface area contributed by atoms with Gasteiger partial charge >= 0.3 is 12.4 Å². The highest BCUT2D eigenvalue weighted by molar-refractivity contribution is 5.93. The molecule has 28 heavy (non-hydrogen) atoms. The van der Waals surface area contributed by atoms with Crippen molar-refractivity contribution in [2.75, 3.05) is 0 Å². The summed E-state index contributed by atoms with van der Waals surface area (Å²) in [6.45, 7) is 0. The first kappa shape index (κ1) is 19.4. The molecule has 1 amide bonds. The van der Waals surface area contributed by atoms with Crippen LogP contribution < -0.4 is 5.73 Å². The smallest absolute Gasteiger partial charge is 0.366 e. The van der Waals surface area contributed by atoms with Gasteiger partial charge in [0.2, 0.25) is 5.91 Å². The van der Waals surface area contributed by atoms with E-state index in [-0.39, 0.29) is 22.9 Å². The summed E-state index contributed by atoms with van der Waals surface area (Å²) in [6.07, 6.45) is -5.15. The molecule has 11 heteroatoms. The average Bonchev–Trinajstić information content (AvgIpc) is 3.00. The van der Waals surface area contributed by atoms with Crippen LogP contribution in [0.3, 0.4) is 0 Å². The Morgan fingerprint density at radius 3 is 2.18 bits per heavy atom. The Balaban J connectivity index is 2.18. The van der Waals surface area contributed by atoms with E-state index >= 15 is 0 Å². The lowest BCUT2D eigenvalue weighted by Crippen LogP contribution is -2.11. The third-order valence-electron chi connectivity index (χ3n) is 3.72. The molecule has 1 aromatic carbocycles. The summed E-state index contributed by atoms with van der Waals surface area (Å²) in [5.41, 5.74) is 2.22. The number of aromatic amines is 1. The van der Waals surface area contributed by atoms with Crippen molar-refractivity contribution < 1.29 is 31.1 Å². The zero-order valence-corrected chi connectivity index (χ0v) is 13.7. The molecule has 3 aromatic rings. The Bertz CT molecular complexity index is 1050. The summed E-state index contributed by atoms with van der Waals surface area (Å²) in [6, 6.07) is 1.17. The van der Waals surface area contributed by atoms with Crippen LogP contribution in [0.25, 0.3) is 28.5 Å². The third kappa shape index (κ3) is 3.97. The normalized spacial score (nSPS) is 12.8. The number of nitrogens with two attached hydrogens (primary N) is 1. The van der Waals surface area contributed by atoms with E-state index in [9.17, 15) is 31.1 Å². The number of carbonyl (C=O) groups excluding carboxylic acids is 1. The van der Waals surface area contributed by atoms with E-state index in [1.165, 1.54) is 12.3 Å². The van der Waals surface area contributed by atoms with Gasteiger partial charge in [0, 0.05) is 23.4 Å². The van der Waals surface area contributed by atoms with Gasteiger partial charge in [-0.25, -0.2) is 9.97 Å². The average molecular weight is 400 g/mol. The number of nitrogens with zero attached hydrogens (tertiary/aromatic N) is 2. The molecule has 0 radical (unpaired) electrons. The van der Waals surface area contributed by atoms with Crippen LogP contribution in [0.1, 0.15) is 16.7 Å². The first-order chi connectivity index (χ1) is 12.9. The summed E-state index contributed by atoms with van der Waals surface area (Å²) < 4.78 is 78.2. The third-order valence-corrected chi connectivity index (χ3v) is 3.72. The maximum Gasteiger partial charge on any atom is 0.416 e. The summed E-state index contributed by atoms with van der Waals surface area (Å²) in [5, 5.41) is 0. The molecule has 0 atom stereocenters. The molecule has 0 saturated carbocycles. The molecule has 0 spiro atoms. The quantitative estimate of drug-likeness (QED) is 0.512. The number of fused-ring (bicyclic) bond motifs is 1. The van der Waals surface area contributed by atoms with E-state index in [0.717, 1.165) is 12.3 Å². The van der Waals surface area contributed by atoms with Crippen LogP contribution in [-0.4, -0.2) is 20.9 Å². The van der Waals surface area contributed by atoms with E-state index in [1.807, 2.05) is 0 Å². The summed E-state index contributed by atoms with van der Waals surface area (Å²) in [4.78, 5) is 21.6. The molecule has 0 aliphatic heterocycles. The first-order valence-corrected chi connectivity index (χ1v) is 7.56. The second kappa shape index (κ2) is 6.66. The molecule has 0 saturated heterocycles. The molecule has 5 nitrogen and oxygen atoms in total. The molecule has 0 aliphatic rings. The molecular weight excluding hydrogens is 390 g/mol. The molecule has 0 bridgehead atoms. The Kier molecular flexibility index (Phi) is 4.61. The van der Waals surface area contributed by atoms with Crippen LogP contribution >= 0.6 is 0 Å². The number of H-pyrrole nitrogens is 1. The monoisotopic (exact) mass is 400 g/mol. The topological polar surface area (TPSA) is 84.7 Å². The number of carbonyl (C=O) groups is 1. The molecule has 0 fully saturated rings. The zero-order chi connectivity index (χ0) is 20.7. The van der Waals surface area contributed by atoms with Crippen LogP contribution in [0.5, 0.6) is 0 Å². The van der Waals surface area contributed by atoms with Crippen molar-refractivity contribution in [3.05, 3.63) is 53.4 Å². The molecule has 0 unspecified atom stereocenters. The summed E-state index contributed by atoms with van der Waals surface area (Å²) in [5.74, 6) is -0.744. The first-order valence-electron chi connectivity index (χ1n) is 7.56. The van der Waals surface area contributed by atoms with Crippen molar-refractivity contribution >= 4 is 23.1 Å². The number of nitrogens with one attached hydrogen (secondary N) is 1. The number of aromatic nitrogens is 3. The van der Waals surface area contributed by atoms with Crippen molar-refractivity contribution in [2.24, 2.45) is 5.73 Å². The van der Waals surface area contributed by atoms with Crippen LogP contribution in [0.4, 0.5) is 26.3 Å². The molecule has 0 aliphatic carbocycles. The fraction of sp³-hybridized carbons (Fsp3) is 0.118. The molecule has 3 rings (SSSR count). The van der Waals surface area contributed by atoms with Gasteiger partial charge in [-0.15, -0.1) is 0 Å². The van der Waals surface area contributed by atoms with Gasteiger partial charge < -0.3 is 10.7 Å². The highest BCUT2D eigenvalue weighted by Crippen LogP contribution is 2.38. The number of benzene rings is 1. The number of primary amides is 1. The van der Waals surface area contributed by atoms with Crippen molar-refractivity contribution in [3.8, 4) is 11.3 Å². The van der Waals surface area contributed by atoms with Gasteiger partial charge in [0.15, 0.2) is 5.65 Å². The number of hydrogen-bond donors (Lipinski definition) is 2. The highest BCUT2D eigenvalue weighted by Gasteiger charge is 2.37. The van der Waals surface area contributed by atoms with Gasteiger partial charge in [-0.05, 0) is 24.3 Å². The van der Waals surface area contributed by atoms with Gasteiger partial charge in [0.05, 0.1) is 23.0 Å². The predicted molar refractivity (Wildman–Crippen MR) is 87.6 cm³/mol. The lowest BCUT2D eigenvalue weighted by molar-refractivity contribution is -0.143. The van der Waals surface area contributed by atoms with Gasteiger partial charge in [-0.1, -0.05) is 0 Å². The van der Waals surface area contributed by atoms with Crippen LogP contribution in [-0.2, 0) is 17.1 Å². The van der Waals surface area contributed by atoms with Crippen molar-refractivity contribution in [1.29, 1.82) is 0 Å². The van der Waals surface area contributed by atoms with Crippen LogP contribution in [0.15, 0.2) is 36.7 Å². The second-order valence-corrected chi connectivity index (χ2v) is 5.73. The number of halogens is 6. The fourth-order valence-electron chi connectivity index (χ4n) is 2.45. The van der Waals surface area contributed by atoms with Gasteiger partial charge in [-0.2, -0.15) is 26.3 Å². The van der Waals surface area contributed by atoms with Crippen molar-refractivity contribution in [2.45, 2.75) is 12.4 Å². The minimum atomic E-state index is -4.98. The van der Waals surface area contributed by atoms with Crippen LogP contribution in [0, 0.1) is 0 Å². The lowest BCUT2D eigenvalue weighted by Gasteiger charge is -2.14. The lowest BCUT2D eigenvalue weighted by atomic mass is 10.0. The van der Waals surface area contributed by atoms with Crippen molar-refractivity contribution in [3.63, 3.8) is 0 Å². The molecular formula is C17H10F6N4O. The fourth-order valence-corrected chi connectivity index (χ4v) is 2.45. The van der Waals surface area contributed by atoms with Gasteiger partial charge in [-0.3, -0.25) is 4.79 Å². The Hall–Kier alpha value is -3.37. The Labute approximate surface area is 152 Å². The van der Waals surface area contributed by atoms with E-state index in [4.69, 9.17) is 5.73 Å². The summed E-state index contributed by atoms with van der Waals surface area (Å²) >= 11 is 0. The van der Waals surface area contributed by atoms with Crippen LogP contribution in [0.2, 0.25) is 0 Å². The maximum absolute atomic E-state index is 13.0. The number of hydrogen-bond acceptors (Lipinski definition) is 3. The molecule has 2 aromatic heterocycles. The van der Waals surface area contributed by atoms with E-state index in [1.54, 1.807) is 0 Å². The number of amides is 1. The highest BCUT2D eigenvalue weighted by atomic mass is 19.4. The maximum atomic E-state index is 13.0. The molecule has 3 N–H and O–H groups in total. The van der Waals surface area contributed by atoms with Gasteiger partial charge in [0.25, 0.3) is 0 Å². The van der Waals surface area contributed by atoms with Gasteiger partial charge in [0.1, 0.15) is 5.52 Å². The minimum Gasteiger partial charge on any atom is -0.366 e. The zero-order valence-electron chi connectivity index (χ0n) is 13.7. The van der Waals surface area contributed by atoms with E-state index in [0.29, 0.717) is 17.7 Å². The largest absolute Gasteiger partial charge is 0.416 e. The summed E-state index contributed by atoms with van der Waals surface area (Å²) in [7, 11) is 0. The minimum absolute atomic E-state index is 0.0345. The van der Waals surface area contributed by atoms with E-state index in [2.05, 4.69) is 15.0 Å². The SMILES string of the molecule is NC(=O)C=Cc1c[nH]c2ncc(-c3cc(C(F)(F)F)cc(C(F)(F)F)c3)nc12. The molecule has 146 valence electrons. The second-order valence-electron chi connectivity index (χ2n) is 5.73. The molecule has 2 heterocycles. The Morgan fingerprint density at radius 2 is 1.64 bits per heavy atom. The number of rotatable bonds is 3. The van der Waals surface area contributed by atoms with Crippen molar-refractivity contribution in [1.82, 2.24) is 15.0 Å². The number of alkyl halides is 6. The van der Waals surface area contributed by atoms with E-state index < -0.39 is 35.0 Å². The Morgan fingerprint density at radius 1 is 1.04 bits per heavy atom. The predicted octanol–water partition coefficient (Wildman–Crippen LogP) is 4.16. The standard InChI is InChI=1S/C17H10F6N4O/c18-16(19,20)10-3-9(4-11(5-10)17(21,22)23)12-7-26-15-14(27-12)8(6-25-15)1-2-13(24)28/h1-7H,(H2,24,28)(H,25,26).